The van der Waals surface area contributed by atoms with Crippen LogP contribution in [0.4, 0.5) is 23.7 Å². The molecule has 1 atom stereocenters. The summed E-state index contributed by atoms with van der Waals surface area (Å²) >= 11 is 0. The fourth-order valence-electron chi connectivity index (χ4n) is 2.26. The van der Waals surface area contributed by atoms with Gasteiger partial charge in [-0.2, -0.15) is 13.2 Å². The van der Waals surface area contributed by atoms with Crippen LogP contribution in [-0.4, -0.2) is 35.3 Å². The fourth-order valence-corrected chi connectivity index (χ4v) is 2.26. The van der Waals surface area contributed by atoms with Gasteiger partial charge in [0, 0.05) is 25.3 Å². The Morgan fingerprint density at radius 1 is 1.45 bits per heavy atom. The first-order valence-electron chi connectivity index (χ1n) is 6.13. The van der Waals surface area contributed by atoms with E-state index < -0.39 is 17.8 Å². The number of anilines is 1. The van der Waals surface area contributed by atoms with Gasteiger partial charge in [0.15, 0.2) is 0 Å². The number of nitrogens with one attached hydrogen (secondary N) is 1. The van der Waals surface area contributed by atoms with Crippen LogP contribution in [0.15, 0.2) is 18.5 Å². The van der Waals surface area contributed by atoms with Crippen molar-refractivity contribution in [2.24, 2.45) is 0 Å². The number of nitrogens with zero attached hydrogens (tertiary/aromatic N) is 2. The van der Waals surface area contributed by atoms with Crippen molar-refractivity contribution in [2.45, 2.75) is 25.1 Å². The Morgan fingerprint density at radius 2 is 2.20 bits per heavy atom. The van der Waals surface area contributed by atoms with Gasteiger partial charge in [-0.05, 0) is 18.9 Å². The maximum atomic E-state index is 12.6. The summed E-state index contributed by atoms with van der Waals surface area (Å²) in [6.07, 6.45) is -2.04. The highest BCUT2D eigenvalue weighted by atomic mass is 19.4. The van der Waals surface area contributed by atoms with Crippen molar-refractivity contribution in [3.8, 4) is 0 Å². The topological polar surface area (TPSA) is 65.5 Å². The lowest BCUT2D eigenvalue weighted by Gasteiger charge is -2.34. The zero-order valence-corrected chi connectivity index (χ0v) is 10.5. The SMILES string of the molecule is O=C(O)NC1CCCN(c2cncc(C(F)(F)F)c2)C1. The van der Waals surface area contributed by atoms with Gasteiger partial charge in [0.05, 0.1) is 17.4 Å². The minimum absolute atomic E-state index is 0.282. The maximum Gasteiger partial charge on any atom is 0.417 e. The molecule has 0 aromatic carbocycles. The maximum absolute atomic E-state index is 12.6. The molecule has 1 aliphatic rings. The van der Waals surface area contributed by atoms with Crippen LogP contribution in [0.5, 0.6) is 0 Å². The number of amides is 1. The van der Waals surface area contributed by atoms with Crippen molar-refractivity contribution in [1.82, 2.24) is 10.3 Å². The number of piperidine rings is 1. The molecule has 1 aliphatic heterocycles. The molecule has 2 rings (SSSR count). The van der Waals surface area contributed by atoms with Gasteiger partial charge in [0.2, 0.25) is 0 Å². The molecule has 0 spiro atoms. The van der Waals surface area contributed by atoms with Crippen molar-refractivity contribution >= 4 is 11.8 Å². The second kappa shape index (κ2) is 5.56. The summed E-state index contributed by atoms with van der Waals surface area (Å²) in [4.78, 5) is 15.9. The number of carbonyl (C=O) groups is 1. The Kier molecular flexibility index (Phi) is 4.01. The van der Waals surface area contributed by atoms with E-state index in [1.807, 2.05) is 0 Å². The number of aromatic nitrogens is 1. The summed E-state index contributed by atoms with van der Waals surface area (Å²) < 4.78 is 37.9. The Bertz CT molecular complexity index is 493. The van der Waals surface area contributed by atoms with Gasteiger partial charge in [-0.15, -0.1) is 0 Å². The molecular weight excluding hydrogens is 275 g/mol. The molecule has 8 heteroatoms. The van der Waals surface area contributed by atoms with Crippen LogP contribution in [0.3, 0.4) is 0 Å². The number of alkyl halides is 3. The van der Waals surface area contributed by atoms with Gasteiger partial charge >= 0.3 is 12.3 Å². The molecule has 1 unspecified atom stereocenters. The number of carboxylic acid groups (broad SMARTS) is 1. The predicted octanol–water partition coefficient (Wildman–Crippen LogP) is 2.34. The van der Waals surface area contributed by atoms with E-state index in [4.69, 9.17) is 5.11 Å². The van der Waals surface area contributed by atoms with E-state index >= 15 is 0 Å². The third kappa shape index (κ3) is 3.52. The molecular formula is C12H14F3N3O2. The number of hydrogen-bond acceptors (Lipinski definition) is 3. The summed E-state index contributed by atoms with van der Waals surface area (Å²) in [6.45, 7) is 0.927. The van der Waals surface area contributed by atoms with E-state index in [1.54, 1.807) is 4.90 Å². The van der Waals surface area contributed by atoms with Gasteiger partial charge in [0.1, 0.15) is 0 Å². The van der Waals surface area contributed by atoms with Gasteiger partial charge in [-0.3, -0.25) is 4.98 Å². The van der Waals surface area contributed by atoms with Crippen molar-refractivity contribution in [1.29, 1.82) is 0 Å². The Morgan fingerprint density at radius 3 is 2.85 bits per heavy atom. The van der Waals surface area contributed by atoms with Gasteiger partial charge in [-0.1, -0.05) is 0 Å². The standard InChI is InChI=1S/C12H14F3N3O2/c13-12(14,15)8-4-10(6-16-5-8)18-3-1-2-9(7-18)17-11(19)20/h4-6,9,17H,1-3,7H2,(H,19,20). The highest BCUT2D eigenvalue weighted by Gasteiger charge is 2.32. The predicted molar refractivity (Wildman–Crippen MR) is 65.6 cm³/mol. The molecule has 1 fully saturated rings. The van der Waals surface area contributed by atoms with Crippen molar-refractivity contribution in [3.05, 3.63) is 24.0 Å². The summed E-state index contributed by atoms with van der Waals surface area (Å²) in [7, 11) is 0. The lowest BCUT2D eigenvalue weighted by molar-refractivity contribution is -0.137. The third-order valence-electron chi connectivity index (χ3n) is 3.17. The highest BCUT2D eigenvalue weighted by molar-refractivity contribution is 5.65. The molecule has 0 aliphatic carbocycles. The van der Waals surface area contributed by atoms with Crippen LogP contribution in [0.1, 0.15) is 18.4 Å². The molecule has 0 saturated carbocycles. The highest BCUT2D eigenvalue weighted by Crippen LogP contribution is 2.31. The van der Waals surface area contributed by atoms with Crippen LogP contribution in [-0.2, 0) is 6.18 Å². The number of rotatable bonds is 2. The molecule has 1 aromatic rings. The van der Waals surface area contributed by atoms with E-state index in [-0.39, 0.29) is 6.04 Å². The monoisotopic (exact) mass is 289 g/mol. The Labute approximate surface area is 113 Å². The van der Waals surface area contributed by atoms with Gasteiger partial charge in [0.25, 0.3) is 0 Å². The summed E-state index contributed by atoms with van der Waals surface area (Å²) in [6, 6.07) is 0.756. The fraction of sp³-hybridized carbons (Fsp3) is 0.500. The molecule has 1 saturated heterocycles. The van der Waals surface area contributed by atoms with E-state index in [1.165, 1.54) is 6.20 Å². The van der Waals surface area contributed by atoms with Crippen LogP contribution in [0, 0.1) is 0 Å². The Balaban J connectivity index is 2.13. The first-order chi connectivity index (χ1) is 9.36. The van der Waals surface area contributed by atoms with E-state index in [2.05, 4.69) is 10.3 Å². The van der Waals surface area contributed by atoms with E-state index in [9.17, 15) is 18.0 Å². The van der Waals surface area contributed by atoms with Crippen LogP contribution < -0.4 is 10.2 Å². The lowest BCUT2D eigenvalue weighted by Crippen LogP contribution is -2.47. The lowest BCUT2D eigenvalue weighted by atomic mass is 10.1. The smallest absolute Gasteiger partial charge is 0.417 e. The van der Waals surface area contributed by atoms with Crippen molar-refractivity contribution in [2.75, 3.05) is 18.0 Å². The Hall–Kier alpha value is -1.99. The zero-order chi connectivity index (χ0) is 14.8. The second-order valence-corrected chi connectivity index (χ2v) is 4.66. The van der Waals surface area contributed by atoms with E-state index in [0.29, 0.717) is 31.6 Å². The van der Waals surface area contributed by atoms with Crippen molar-refractivity contribution in [3.63, 3.8) is 0 Å². The van der Waals surface area contributed by atoms with Gasteiger partial charge in [-0.25, -0.2) is 4.79 Å². The minimum Gasteiger partial charge on any atom is -0.465 e. The van der Waals surface area contributed by atoms with Gasteiger partial charge < -0.3 is 15.3 Å². The largest absolute Gasteiger partial charge is 0.465 e. The normalized spacial score (nSPS) is 19.8. The third-order valence-corrected chi connectivity index (χ3v) is 3.17. The van der Waals surface area contributed by atoms with Crippen LogP contribution in [0.2, 0.25) is 0 Å². The molecule has 20 heavy (non-hydrogen) atoms. The zero-order valence-electron chi connectivity index (χ0n) is 10.5. The molecule has 0 bridgehead atoms. The van der Waals surface area contributed by atoms with Crippen molar-refractivity contribution < 1.29 is 23.1 Å². The number of pyridine rings is 1. The molecule has 1 amide bonds. The molecule has 2 N–H and O–H groups in total. The summed E-state index contributed by atoms with van der Waals surface area (Å²) in [5, 5.41) is 11.0. The van der Waals surface area contributed by atoms with E-state index in [0.717, 1.165) is 12.3 Å². The average Bonchev–Trinajstić information content (AvgIpc) is 2.37. The first-order valence-corrected chi connectivity index (χ1v) is 6.13. The van der Waals surface area contributed by atoms with Crippen LogP contribution >= 0.6 is 0 Å². The quantitative estimate of drug-likeness (QED) is 0.877. The molecule has 5 nitrogen and oxygen atoms in total. The molecule has 0 radical (unpaired) electrons. The molecule has 1 aromatic heterocycles. The summed E-state index contributed by atoms with van der Waals surface area (Å²) in [5.41, 5.74) is -0.444. The average molecular weight is 289 g/mol. The molecule has 110 valence electrons. The second-order valence-electron chi connectivity index (χ2n) is 4.66. The number of halogens is 3. The number of hydrogen-bond donors (Lipinski definition) is 2. The van der Waals surface area contributed by atoms with Crippen LogP contribution in [0.25, 0.3) is 0 Å². The summed E-state index contributed by atoms with van der Waals surface area (Å²) in [5.74, 6) is 0. The minimum atomic E-state index is -4.43. The first kappa shape index (κ1) is 14.4. The molecule has 2 heterocycles.